The topological polar surface area (TPSA) is 131 Å². The van der Waals surface area contributed by atoms with Crippen LogP contribution in [0, 0.1) is 0 Å². The zero-order valence-corrected chi connectivity index (χ0v) is 21.9. The maximum atomic E-state index is 13.2. The molecule has 2 aromatic carbocycles. The number of halogens is 4. The van der Waals surface area contributed by atoms with E-state index < -0.39 is 41.8 Å². The van der Waals surface area contributed by atoms with Gasteiger partial charge >= 0.3 is 18.0 Å². The van der Waals surface area contributed by atoms with Crippen LogP contribution in [0.3, 0.4) is 0 Å². The fourth-order valence-corrected chi connectivity index (χ4v) is 3.68. The molecule has 206 valence electrons. The number of hydrogen-bond donors (Lipinski definition) is 3. The SMILES string of the molecule is CCOc1cc(/C=N\NC(=O)C(=O)NCc2ccco2)cc(Br)c1OCC(=O)Nc1ccccc1C(F)(F)F. The van der Waals surface area contributed by atoms with Crippen molar-refractivity contribution in [3.05, 3.63) is 76.2 Å². The molecule has 0 saturated carbocycles. The third-order valence-corrected chi connectivity index (χ3v) is 5.36. The number of anilines is 1. The lowest BCUT2D eigenvalue weighted by molar-refractivity contribution is -0.139. The number of furan rings is 1. The number of nitrogens with one attached hydrogen (secondary N) is 3. The first-order valence-electron chi connectivity index (χ1n) is 11.3. The van der Waals surface area contributed by atoms with Gasteiger partial charge in [0.15, 0.2) is 18.1 Å². The van der Waals surface area contributed by atoms with E-state index in [4.69, 9.17) is 13.9 Å². The van der Waals surface area contributed by atoms with E-state index in [9.17, 15) is 27.6 Å². The molecule has 0 spiro atoms. The van der Waals surface area contributed by atoms with E-state index in [0.29, 0.717) is 15.8 Å². The molecule has 1 heterocycles. The molecule has 0 unspecified atom stereocenters. The molecule has 0 saturated heterocycles. The average molecular weight is 611 g/mol. The number of carbonyl (C=O) groups excluding carboxylic acids is 3. The highest BCUT2D eigenvalue weighted by Gasteiger charge is 2.33. The number of ether oxygens (including phenoxy) is 2. The molecule has 3 aromatic rings. The summed E-state index contributed by atoms with van der Waals surface area (Å²) in [6, 6.07) is 10.9. The van der Waals surface area contributed by atoms with Gasteiger partial charge in [-0.25, -0.2) is 5.43 Å². The van der Waals surface area contributed by atoms with Crippen LogP contribution in [0.5, 0.6) is 11.5 Å². The van der Waals surface area contributed by atoms with Crippen molar-refractivity contribution in [2.45, 2.75) is 19.6 Å². The van der Waals surface area contributed by atoms with Gasteiger partial charge in [0.2, 0.25) is 0 Å². The number of hydrogen-bond acceptors (Lipinski definition) is 7. The molecule has 0 aliphatic carbocycles. The van der Waals surface area contributed by atoms with Gasteiger partial charge in [0.1, 0.15) is 5.76 Å². The van der Waals surface area contributed by atoms with Crippen molar-refractivity contribution in [2.75, 3.05) is 18.5 Å². The van der Waals surface area contributed by atoms with Crippen LogP contribution in [-0.4, -0.2) is 37.1 Å². The van der Waals surface area contributed by atoms with Gasteiger partial charge in [-0.1, -0.05) is 12.1 Å². The monoisotopic (exact) mass is 610 g/mol. The zero-order chi connectivity index (χ0) is 28.4. The van der Waals surface area contributed by atoms with Gasteiger partial charge in [-0.15, -0.1) is 0 Å². The summed E-state index contributed by atoms with van der Waals surface area (Å²) >= 11 is 3.30. The molecule has 39 heavy (non-hydrogen) atoms. The molecule has 3 N–H and O–H groups in total. The van der Waals surface area contributed by atoms with Crippen molar-refractivity contribution in [1.82, 2.24) is 10.7 Å². The van der Waals surface area contributed by atoms with Gasteiger partial charge in [0, 0.05) is 0 Å². The predicted molar refractivity (Wildman–Crippen MR) is 137 cm³/mol. The van der Waals surface area contributed by atoms with Crippen LogP contribution in [0.25, 0.3) is 0 Å². The largest absolute Gasteiger partial charge is 0.490 e. The highest BCUT2D eigenvalue weighted by molar-refractivity contribution is 9.10. The van der Waals surface area contributed by atoms with Gasteiger partial charge < -0.3 is 24.5 Å². The van der Waals surface area contributed by atoms with Crippen molar-refractivity contribution < 1.29 is 41.4 Å². The van der Waals surface area contributed by atoms with E-state index in [1.165, 1.54) is 36.7 Å². The molecule has 3 rings (SSSR count). The summed E-state index contributed by atoms with van der Waals surface area (Å²) in [6.07, 6.45) is -1.96. The molecular formula is C25H22BrF3N4O6. The minimum Gasteiger partial charge on any atom is -0.490 e. The normalized spacial score (nSPS) is 11.2. The second-order valence-corrected chi connectivity index (χ2v) is 8.46. The molecule has 1 aromatic heterocycles. The highest BCUT2D eigenvalue weighted by atomic mass is 79.9. The van der Waals surface area contributed by atoms with Crippen LogP contribution in [-0.2, 0) is 27.1 Å². The average Bonchev–Trinajstić information content (AvgIpc) is 3.40. The number of benzene rings is 2. The van der Waals surface area contributed by atoms with Crippen LogP contribution in [0.1, 0.15) is 23.8 Å². The van der Waals surface area contributed by atoms with Crippen molar-refractivity contribution in [1.29, 1.82) is 0 Å². The highest BCUT2D eigenvalue weighted by Crippen LogP contribution is 2.37. The van der Waals surface area contributed by atoms with E-state index in [0.717, 1.165) is 12.1 Å². The number of para-hydroxylation sites is 1. The second kappa shape index (κ2) is 13.5. The first-order valence-corrected chi connectivity index (χ1v) is 12.1. The Morgan fingerprint density at radius 2 is 1.85 bits per heavy atom. The number of nitrogens with zero attached hydrogens (tertiary/aromatic N) is 1. The number of hydrazone groups is 1. The van der Waals surface area contributed by atoms with Crippen LogP contribution < -0.4 is 25.5 Å². The predicted octanol–water partition coefficient (Wildman–Crippen LogP) is 4.24. The first kappa shape index (κ1) is 29.2. The lowest BCUT2D eigenvalue weighted by Gasteiger charge is -2.16. The Hall–Kier alpha value is -4.33. The Morgan fingerprint density at radius 3 is 2.54 bits per heavy atom. The van der Waals surface area contributed by atoms with E-state index in [2.05, 4.69) is 37.1 Å². The van der Waals surface area contributed by atoms with Crippen LogP contribution >= 0.6 is 15.9 Å². The third-order valence-electron chi connectivity index (χ3n) is 4.78. The summed E-state index contributed by atoms with van der Waals surface area (Å²) in [7, 11) is 0. The second-order valence-electron chi connectivity index (χ2n) is 7.60. The van der Waals surface area contributed by atoms with Gasteiger partial charge in [-0.05, 0) is 64.8 Å². The minimum atomic E-state index is -4.64. The minimum absolute atomic E-state index is 0.0297. The maximum Gasteiger partial charge on any atom is 0.418 e. The smallest absolute Gasteiger partial charge is 0.418 e. The summed E-state index contributed by atoms with van der Waals surface area (Å²) in [6.45, 7) is 1.35. The fourth-order valence-electron chi connectivity index (χ4n) is 3.11. The molecule has 10 nitrogen and oxygen atoms in total. The lowest BCUT2D eigenvalue weighted by atomic mass is 10.1. The quantitative estimate of drug-likeness (QED) is 0.179. The Morgan fingerprint density at radius 1 is 1.08 bits per heavy atom. The summed E-state index contributed by atoms with van der Waals surface area (Å²) in [5.74, 6) is -1.95. The molecule has 0 radical (unpaired) electrons. The molecule has 3 amide bonds. The van der Waals surface area contributed by atoms with Crippen molar-refractivity contribution in [3.8, 4) is 11.5 Å². The van der Waals surface area contributed by atoms with Crippen molar-refractivity contribution in [2.24, 2.45) is 5.10 Å². The molecule has 0 fully saturated rings. The Bertz CT molecular complexity index is 1350. The summed E-state index contributed by atoms with van der Waals surface area (Å²) in [4.78, 5) is 36.1. The first-order chi connectivity index (χ1) is 18.6. The number of alkyl halides is 3. The molecular weight excluding hydrogens is 589 g/mol. The van der Waals surface area contributed by atoms with Gasteiger partial charge in [0.05, 0.1) is 41.4 Å². The Labute approximate surface area is 228 Å². The van der Waals surface area contributed by atoms with E-state index >= 15 is 0 Å². The molecule has 0 aliphatic rings. The Balaban J connectivity index is 1.61. The summed E-state index contributed by atoms with van der Waals surface area (Å²) < 4.78 is 56.0. The fraction of sp³-hybridized carbons (Fsp3) is 0.200. The molecule has 0 atom stereocenters. The van der Waals surface area contributed by atoms with E-state index in [1.807, 2.05) is 0 Å². The van der Waals surface area contributed by atoms with E-state index in [1.54, 1.807) is 19.1 Å². The summed E-state index contributed by atoms with van der Waals surface area (Å²) in [5, 5.41) is 8.32. The number of amides is 3. The van der Waals surface area contributed by atoms with Crippen LogP contribution in [0.4, 0.5) is 18.9 Å². The van der Waals surface area contributed by atoms with Gasteiger partial charge in [0.25, 0.3) is 5.91 Å². The molecule has 14 heteroatoms. The summed E-state index contributed by atoms with van der Waals surface area (Å²) in [5.41, 5.74) is 1.14. The van der Waals surface area contributed by atoms with Gasteiger partial charge in [-0.2, -0.15) is 18.3 Å². The van der Waals surface area contributed by atoms with E-state index in [-0.39, 0.29) is 24.7 Å². The number of carbonyl (C=O) groups is 3. The zero-order valence-electron chi connectivity index (χ0n) is 20.3. The third kappa shape index (κ3) is 8.60. The standard InChI is InChI=1S/C25H22BrF3N4O6/c1-2-37-20-11-15(12-31-33-24(36)23(35)30-13-16-6-5-9-38-16)10-18(26)22(20)39-14-21(34)32-19-8-4-3-7-17(19)25(27,28)29/h3-12H,2,13-14H2,1H3,(H,30,35)(H,32,34)(H,33,36)/b31-12-. The molecule has 0 bridgehead atoms. The number of rotatable bonds is 10. The molecule has 0 aliphatic heterocycles. The van der Waals surface area contributed by atoms with Crippen molar-refractivity contribution in [3.63, 3.8) is 0 Å². The Kier molecular flexibility index (Phi) is 10.1. The van der Waals surface area contributed by atoms with Crippen LogP contribution in [0.15, 0.2) is 68.8 Å². The lowest BCUT2D eigenvalue weighted by Crippen LogP contribution is -2.37. The maximum absolute atomic E-state index is 13.2. The van der Waals surface area contributed by atoms with Crippen molar-refractivity contribution >= 4 is 45.6 Å². The van der Waals surface area contributed by atoms with Gasteiger partial charge in [-0.3, -0.25) is 14.4 Å². The van der Waals surface area contributed by atoms with Crippen LogP contribution in [0.2, 0.25) is 0 Å².